The third-order valence-electron chi connectivity index (χ3n) is 3.22. The third-order valence-corrected chi connectivity index (χ3v) is 4.29. The number of hydrogen-bond acceptors (Lipinski definition) is 4. The zero-order valence-electron chi connectivity index (χ0n) is 9.82. The molecule has 1 aliphatic carbocycles. The molecule has 4 heteroatoms. The quantitative estimate of drug-likeness (QED) is 0.850. The van der Waals surface area contributed by atoms with Gasteiger partial charge < -0.3 is 10.6 Å². The summed E-state index contributed by atoms with van der Waals surface area (Å²) in [4.78, 5) is 7.98. The van der Waals surface area contributed by atoms with E-state index < -0.39 is 0 Å². The highest BCUT2D eigenvalue weighted by Gasteiger charge is 2.57. The zero-order valence-corrected chi connectivity index (χ0v) is 10.6. The molecule has 2 atom stereocenters. The number of thiazole rings is 1. The topological polar surface area (TPSA) is 42.2 Å². The average Bonchev–Trinajstić information content (AvgIpc) is 2.46. The molecule has 15 heavy (non-hydrogen) atoms. The van der Waals surface area contributed by atoms with E-state index in [0.29, 0.717) is 5.92 Å². The van der Waals surface area contributed by atoms with Gasteiger partial charge in [-0.2, -0.15) is 0 Å². The molecule has 1 aromatic rings. The van der Waals surface area contributed by atoms with Gasteiger partial charge >= 0.3 is 0 Å². The minimum absolute atomic E-state index is 0.243. The van der Waals surface area contributed by atoms with Gasteiger partial charge in [-0.25, -0.2) is 4.98 Å². The Balaban J connectivity index is 2.09. The first kappa shape index (κ1) is 11.0. The van der Waals surface area contributed by atoms with Crippen molar-refractivity contribution >= 4 is 11.3 Å². The second-order valence-corrected chi connectivity index (χ2v) is 6.37. The fourth-order valence-corrected chi connectivity index (χ4v) is 3.38. The molecule has 2 rings (SSSR count). The van der Waals surface area contributed by atoms with Crippen LogP contribution in [0.5, 0.6) is 0 Å². The van der Waals surface area contributed by atoms with Gasteiger partial charge in [-0.15, -0.1) is 11.3 Å². The zero-order chi connectivity index (χ0) is 11.2. The molecular weight excluding hydrogens is 206 g/mol. The normalized spacial score (nSPS) is 28.4. The predicted octanol–water partition coefficient (Wildman–Crippen LogP) is 1.66. The van der Waals surface area contributed by atoms with Crippen LogP contribution in [0.4, 0.5) is 0 Å². The molecule has 0 spiro atoms. The summed E-state index contributed by atoms with van der Waals surface area (Å²) in [5.74, 6) is 0.471. The number of aromatic nitrogens is 1. The van der Waals surface area contributed by atoms with E-state index in [-0.39, 0.29) is 11.5 Å². The van der Waals surface area contributed by atoms with E-state index in [1.54, 1.807) is 11.3 Å². The molecule has 1 aliphatic rings. The molecule has 0 saturated heterocycles. The van der Waals surface area contributed by atoms with Gasteiger partial charge in [0, 0.05) is 29.6 Å². The first-order valence-electron chi connectivity index (χ1n) is 5.28. The molecule has 0 amide bonds. The maximum atomic E-state index is 6.04. The highest BCUT2D eigenvalue weighted by Crippen LogP contribution is 2.57. The van der Waals surface area contributed by atoms with Crippen LogP contribution in [0.3, 0.4) is 0 Å². The lowest BCUT2D eigenvalue weighted by molar-refractivity contribution is 0.406. The van der Waals surface area contributed by atoms with Crippen LogP contribution in [0.1, 0.15) is 29.7 Å². The summed E-state index contributed by atoms with van der Waals surface area (Å²) in [5.41, 5.74) is 6.29. The molecule has 3 nitrogen and oxygen atoms in total. The Morgan fingerprint density at radius 3 is 2.60 bits per heavy atom. The van der Waals surface area contributed by atoms with Crippen LogP contribution in [-0.2, 0) is 6.54 Å². The monoisotopic (exact) mass is 225 g/mol. The van der Waals surface area contributed by atoms with Gasteiger partial charge in [-0.1, -0.05) is 13.8 Å². The Bertz CT molecular complexity index is 356. The fraction of sp³-hybridized carbons (Fsp3) is 0.727. The van der Waals surface area contributed by atoms with E-state index in [2.05, 4.69) is 37.8 Å². The second kappa shape index (κ2) is 3.54. The van der Waals surface area contributed by atoms with Crippen molar-refractivity contribution in [1.82, 2.24) is 9.88 Å². The SMILES string of the molecule is CN(C)Cc1cnc([C@@H]2[C@@H](N)C2(C)C)s1. The summed E-state index contributed by atoms with van der Waals surface area (Å²) in [6.07, 6.45) is 1.99. The largest absolute Gasteiger partial charge is 0.327 e. The van der Waals surface area contributed by atoms with Crippen molar-refractivity contribution in [3.63, 3.8) is 0 Å². The van der Waals surface area contributed by atoms with E-state index in [9.17, 15) is 0 Å². The van der Waals surface area contributed by atoms with E-state index in [1.165, 1.54) is 9.88 Å². The van der Waals surface area contributed by atoms with Crippen molar-refractivity contribution < 1.29 is 0 Å². The second-order valence-electron chi connectivity index (χ2n) is 5.23. The number of hydrogen-bond donors (Lipinski definition) is 1. The third kappa shape index (κ3) is 1.94. The molecule has 0 aliphatic heterocycles. The van der Waals surface area contributed by atoms with Crippen LogP contribution >= 0.6 is 11.3 Å². The lowest BCUT2D eigenvalue weighted by Gasteiger charge is -2.05. The van der Waals surface area contributed by atoms with Gasteiger partial charge in [0.25, 0.3) is 0 Å². The van der Waals surface area contributed by atoms with Crippen molar-refractivity contribution in [2.45, 2.75) is 32.4 Å². The Kier molecular flexibility index (Phi) is 2.61. The summed E-state index contributed by atoms with van der Waals surface area (Å²) in [6, 6.07) is 0.288. The molecule has 0 unspecified atom stereocenters. The van der Waals surface area contributed by atoms with Crippen LogP contribution in [0.25, 0.3) is 0 Å². The Labute approximate surface area is 95.3 Å². The smallest absolute Gasteiger partial charge is 0.0980 e. The summed E-state index contributed by atoms with van der Waals surface area (Å²) < 4.78 is 0. The maximum absolute atomic E-state index is 6.04. The molecule has 2 N–H and O–H groups in total. The highest BCUT2D eigenvalue weighted by molar-refractivity contribution is 7.11. The summed E-state index contributed by atoms with van der Waals surface area (Å²) in [6.45, 7) is 5.41. The van der Waals surface area contributed by atoms with Gasteiger partial charge in [0.15, 0.2) is 0 Å². The number of nitrogens with zero attached hydrogens (tertiary/aromatic N) is 2. The molecule has 1 heterocycles. The van der Waals surface area contributed by atoms with Gasteiger partial charge in [-0.3, -0.25) is 0 Å². The minimum atomic E-state index is 0.243. The van der Waals surface area contributed by atoms with Gasteiger partial charge in [0.1, 0.15) is 0 Å². The van der Waals surface area contributed by atoms with Crippen molar-refractivity contribution in [3.05, 3.63) is 16.1 Å². The highest BCUT2D eigenvalue weighted by atomic mass is 32.1. The molecular formula is C11H19N3S. The van der Waals surface area contributed by atoms with Crippen LogP contribution in [-0.4, -0.2) is 30.0 Å². The molecule has 0 bridgehead atoms. The summed E-state index contributed by atoms with van der Waals surface area (Å²) >= 11 is 1.81. The summed E-state index contributed by atoms with van der Waals surface area (Å²) in [5, 5.41) is 1.21. The number of nitrogens with two attached hydrogens (primary N) is 1. The average molecular weight is 225 g/mol. The van der Waals surface area contributed by atoms with Gasteiger partial charge in [0.2, 0.25) is 0 Å². The first-order chi connectivity index (χ1) is 6.93. The lowest BCUT2D eigenvalue weighted by atomic mass is 10.1. The van der Waals surface area contributed by atoms with Crippen molar-refractivity contribution in [3.8, 4) is 0 Å². The fourth-order valence-electron chi connectivity index (χ4n) is 2.00. The van der Waals surface area contributed by atoms with Crippen molar-refractivity contribution in [1.29, 1.82) is 0 Å². The molecule has 0 aromatic carbocycles. The van der Waals surface area contributed by atoms with E-state index in [1.807, 2.05) is 6.20 Å². The minimum Gasteiger partial charge on any atom is -0.327 e. The Morgan fingerprint density at radius 1 is 1.53 bits per heavy atom. The van der Waals surface area contributed by atoms with Crippen LogP contribution in [0, 0.1) is 5.41 Å². The molecule has 84 valence electrons. The Hall–Kier alpha value is -0.450. The molecule has 1 fully saturated rings. The molecule has 0 radical (unpaired) electrons. The van der Waals surface area contributed by atoms with Crippen molar-refractivity contribution in [2.24, 2.45) is 11.1 Å². The van der Waals surface area contributed by atoms with Crippen LogP contribution in [0.2, 0.25) is 0 Å². The van der Waals surface area contributed by atoms with E-state index >= 15 is 0 Å². The standard InChI is InChI=1S/C11H19N3S/c1-11(2)8(9(11)12)10-13-5-7(15-10)6-14(3)4/h5,8-9H,6,12H2,1-4H3/t8-,9+/m0/s1. The first-order valence-corrected chi connectivity index (χ1v) is 6.09. The molecule has 1 aromatic heterocycles. The van der Waals surface area contributed by atoms with Crippen molar-refractivity contribution in [2.75, 3.05) is 14.1 Å². The lowest BCUT2D eigenvalue weighted by Crippen LogP contribution is -2.09. The maximum Gasteiger partial charge on any atom is 0.0980 e. The summed E-state index contributed by atoms with van der Waals surface area (Å²) in [7, 11) is 4.15. The van der Waals surface area contributed by atoms with Gasteiger partial charge in [-0.05, 0) is 19.5 Å². The molecule has 1 saturated carbocycles. The number of rotatable bonds is 3. The predicted molar refractivity (Wildman–Crippen MR) is 64.0 cm³/mol. The Morgan fingerprint density at radius 2 is 2.13 bits per heavy atom. The van der Waals surface area contributed by atoms with Crippen LogP contribution < -0.4 is 5.73 Å². The van der Waals surface area contributed by atoms with Gasteiger partial charge in [0.05, 0.1) is 5.01 Å². The van der Waals surface area contributed by atoms with Crippen LogP contribution in [0.15, 0.2) is 6.20 Å². The van der Waals surface area contributed by atoms with E-state index in [0.717, 1.165) is 6.54 Å². The van der Waals surface area contributed by atoms with E-state index in [4.69, 9.17) is 5.73 Å².